The Labute approximate surface area is 107 Å². The molecule has 0 aliphatic heterocycles. The summed E-state index contributed by atoms with van der Waals surface area (Å²) in [6.07, 6.45) is 10.5. The molecule has 1 N–H and O–H groups in total. The van der Waals surface area contributed by atoms with E-state index in [2.05, 4.69) is 20.8 Å². The second-order valence-electron chi connectivity index (χ2n) is 7.27. The van der Waals surface area contributed by atoms with Crippen molar-refractivity contribution in [3.63, 3.8) is 0 Å². The Bertz CT molecular complexity index is 240. The molecule has 0 aromatic carbocycles. The second kappa shape index (κ2) is 5.30. The molecule has 0 bridgehead atoms. The molecular weight excluding hydrogens is 208 g/mol. The maximum absolute atomic E-state index is 10.8. The topological polar surface area (TPSA) is 20.2 Å². The molecule has 0 saturated heterocycles. The minimum Gasteiger partial charge on any atom is -0.393 e. The first kappa shape index (κ1) is 13.4. The van der Waals surface area contributed by atoms with E-state index in [-0.39, 0.29) is 6.10 Å². The van der Waals surface area contributed by atoms with Gasteiger partial charge in [0.05, 0.1) is 6.10 Å². The van der Waals surface area contributed by atoms with Crippen LogP contribution in [0.15, 0.2) is 0 Å². The zero-order valence-electron chi connectivity index (χ0n) is 11.9. The lowest BCUT2D eigenvalue weighted by atomic mass is 9.59. The lowest BCUT2D eigenvalue weighted by Crippen LogP contribution is -2.45. The summed E-state index contributed by atoms with van der Waals surface area (Å²) in [4.78, 5) is 0. The summed E-state index contributed by atoms with van der Waals surface area (Å²) in [5.41, 5.74) is 0.342. The van der Waals surface area contributed by atoms with Crippen LogP contribution in [0, 0.1) is 23.2 Å². The lowest BCUT2D eigenvalue weighted by Gasteiger charge is -2.48. The third-order valence-electron chi connectivity index (χ3n) is 5.50. The second-order valence-corrected chi connectivity index (χ2v) is 7.27. The molecular formula is C16H30O. The van der Waals surface area contributed by atoms with Gasteiger partial charge in [0.2, 0.25) is 0 Å². The van der Waals surface area contributed by atoms with E-state index in [9.17, 15) is 5.11 Å². The Morgan fingerprint density at radius 1 is 1.00 bits per heavy atom. The Kier molecular flexibility index (Phi) is 4.18. The van der Waals surface area contributed by atoms with Crippen LogP contribution < -0.4 is 0 Å². The molecule has 2 aliphatic rings. The molecule has 0 spiro atoms. The van der Waals surface area contributed by atoms with Gasteiger partial charge in [-0.1, -0.05) is 52.9 Å². The maximum atomic E-state index is 10.8. The van der Waals surface area contributed by atoms with Gasteiger partial charge in [-0.25, -0.2) is 0 Å². The van der Waals surface area contributed by atoms with Gasteiger partial charge < -0.3 is 5.11 Å². The van der Waals surface area contributed by atoms with Gasteiger partial charge in [0, 0.05) is 0 Å². The van der Waals surface area contributed by atoms with Gasteiger partial charge in [0.15, 0.2) is 0 Å². The summed E-state index contributed by atoms with van der Waals surface area (Å²) < 4.78 is 0. The summed E-state index contributed by atoms with van der Waals surface area (Å²) in [5, 5.41) is 10.8. The van der Waals surface area contributed by atoms with E-state index in [1.165, 1.54) is 51.4 Å². The number of hydrogen-bond donors (Lipinski definition) is 1. The standard InChI is InChI=1S/C16H30O/c1-12-8-7-11-16(2,3)14(12)15(17)13-9-5-4-6-10-13/h12-15,17H,4-11H2,1-3H3/t12-,14-,15+/m0/s1. The molecule has 1 nitrogen and oxygen atoms in total. The van der Waals surface area contributed by atoms with Gasteiger partial charge in [-0.3, -0.25) is 0 Å². The van der Waals surface area contributed by atoms with E-state index in [1.54, 1.807) is 0 Å². The number of aliphatic hydroxyl groups excluding tert-OH is 1. The van der Waals surface area contributed by atoms with Crippen molar-refractivity contribution in [3.8, 4) is 0 Å². The van der Waals surface area contributed by atoms with Crippen LogP contribution >= 0.6 is 0 Å². The average molecular weight is 238 g/mol. The fraction of sp³-hybridized carbons (Fsp3) is 1.00. The summed E-state index contributed by atoms with van der Waals surface area (Å²) in [7, 11) is 0. The van der Waals surface area contributed by atoms with Crippen LogP contribution in [0.3, 0.4) is 0 Å². The normalized spacial score (nSPS) is 36.7. The van der Waals surface area contributed by atoms with Gasteiger partial charge >= 0.3 is 0 Å². The molecule has 0 unspecified atom stereocenters. The van der Waals surface area contributed by atoms with Crippen molar-refractivity contribution in [2.75, 3.05) is 0 Å². The Balaban J connectivity index is 2.06. The van der Waals surface area contributed by atoms with E-state index in [4.69, 9.17) is 0 Å². The Hall–Kier alpha value is -0.0400. The van der Waals surface area contributed by atoms with Crippen LogP contribution in [-0.4, -0.2) is 11.2 Å². The average Bonchev–Trinajstić information content (AvgIpc) is 2.28. The van der Waals surface area contributed by atoms with Crippen molar-refractivity contribution < 1.29 is 5.11 Å². The smallest absolute Gasteiger partial charge is 0.0604 e. The zero-order chi connectivity index (χ0) is 12.5. The van der Waals surface area contributed by atoms with E-state index in [0.29, 0.717) is 23.2 Å². The summed E-state index contributed by atoms with van der Waals surface area (Å²) >= 11 is 0. The highest BCUT2D eigenvalue weighted by molar-refractivity contribution is 4.93. The fourth-order valence-electron chi connectivity index (χ4n) is 4.56. The van der Waals surface area contributed by atoms with Crippen molar-refractivity contribution in [1.82, 2.24) is 0 Å². The summed E-state index contributed by atoms with van der Waals surface area (Å²) in [5.74, 6) is 1.82. The van der Waals surface area contributed by atoms with Gasteiger partial charge in [0.25, 0.3) is 0 Å². The largest absolute Gasteiger partial charge is 0.393 e. The third kappa shape index (κ3) is 2.86. The first-order chi connectivity index (χ1) is 8.02. The van der Waals surface area contributed by atoms with Crippen molar-refractivity contribution in [1.29, 1.82) is 0 Å². The first-order valence-corrected chi connectivity index (χ1v) is 7.70. The van der Waals surface area contributed by atoms with Crippen LogP contribution in [0.25, 0.3) is 0 Å². The van der Waals surface area contributed by atoms with Crippen LogP contribution in [0.4, 0.5) is 0 Å². The van der Waals surface area contributed by atoms with Crippen LogP contribution in [-0.2, 0) is 0 Å². The molecule has 1 heteroatoms. The quantitative estimate of drug-likeness (QED) is 0.756. The predicted octanol–water partition coefficient (Wildman–Crippen LogP) is 4.39. The first-order valence-electron chi connectivity index (χ1n) is 7.70. The van der Waals surface area contributed by atoms with Crippen molar-refractivity contribution >= 4 is 0 Å². The predicted molar refractivity (Wildman–Crippen MR) is 72.9 cm³/mol. The van der Waals surface area contributed by atoms with Crippen LogP contribution in [0.1, 0.15) is 72.1 Å². The lowest BCUT2D eigenvalue weighted by molar-refractivity contribution is -0.0636. The highest BCUT2D eigenvalue weighted by atomic mass is 16.3. The minimum absolute atomic E-state index is 0.0411. The summed E-state index contributed by atoms with van der Waals surface area (Å²) in [6.45, 7) is 7.11. The number of aliphatic hydroxyl groups is 1. The molecule has 2 aliphatic carbocycles. The highest BCUT2D eigenvalue weighted by Crippen LogP contribution is 2.48. The zero-order valence-corrected chi connectivity index (χ0v) is 11.9. The molecule has 0 radical (unpaired) electrons. The molecule has 0 aromatic heterocycles. The molecule has 2 rings (SSSR count). The molecule has 3 atom stereocenters. The van der Waals surface area contributed by atoms with E-state index in [1.807, 2.05) is 0 Å². The number of hydrogen-bond acceptors (Lipinski definition) is 1. The van der Waals surface area contributed by atoms with Crippen molar-refractivity contribution in [3.05, 3.63) is 0 Å². The van der Waals surface area contributed by atoms with Crippen LogP contribution in [0.2, 0.25) is 0 Å². The Morgan fingerprint density at radius 3 is 2.24 bits per heavy atom. The van der Waals surface area contributed by atoms with E-state index >= 15 is 0 Å². The van der Waals surface area contributed by atoms with Gasteiger partial charge in [-0.05, 0) is 42.4 Å². The maximum Gasteiger partial charge on any atom is 0.0604 e. The molecule has 2 saturated carbocycles. The fourth-order valence-corrected chi connectivity index (χ4v) is 4.56. The SMILES string of the molecule is C[C@H]1CCCC(C)(C)[C@@H]1[C@H](O)C1CCCCC1. The highest BCUT2D eigenvalue weighted by Gasteiger charge is 2.43. The monoisotopic (exact) mass is 238 g/mol. The van der Waals surface area contributed by atoms with Crippen molar-refractivity contribution in [2.45, 2.75) is 78.2 Å². The molecule has 0 amide bonds. The molecule has 17 heavy (non-hydrogen) atoms. The minimum atomic E-state index is -0.0411. The third-order valence-corrected chi connectivity index (χ3v) is 5.50. The van der Waals surface area contributed by atoms with E-state index in [0.717, 1.165) is 0 Å². The molecule has 100 valence electrons. The molecule has 2 fully saturated rings. The summed E-state index contributed by atoms with van der Waals surface area (Å²) in [6, 6.07) is 0. The molecule has 0 aromatic rings. The van der Waals surface area contributed by atoms with Crippen LogP contribution in [0.5, 0.6) is 0 Å². The molecule has 0 heterocycles. The van der Waals surface area contributed by atoms with E-state index < -0.39 is 0 Å². The van der Waals surface area contributed by atoms with Gasteiger partial charge in [-0.15, -0.1) is 0 Å². The van der Waals surface area contributed by atoms with Crippen molar-refractivity contribution in [2.24, 2.45) is 23.2 Å². The van der Waals surface area contributed by atoms with Gasteiger partial charge in [0.1, 0.15) is 0 Å². The van der Waals surface area contributed by atoms with Gasteiger partial charge in [-0.2, -0.15) is 0 Å². The Morgan fingerprint density at radius 2 is 1.65 bits per heavy atom. The number of rotatable bonds is 2.